The summed E-state index contributed by atoms with van der Waals surface area (Å²) in [5, 5.41) is 6.54. The van der Waals surface area contributed by atoms with Crippen molar-refractivity contribution in [2.75, 3.05) is 6.54 Å². The standard InChI is InChI=1S/C19H21ClF2N4O2/c1-2-24-19(25-10-12-3-5-13(6-4-12)17(23)27)26-11-14-9-15(20)7-8-16(14)28-18(21)22/h3-9,18H,2,10-11H2,1H3,(H2,23,27)(H2,24,25,26). The van der Waals surface area contributed by atoms with Crippen molar-refractivity contribution >= 4 is 23.5 Å². The summed E-state index contributed by atoms with van der Waals surface area (Å²) in [6.07, 6.45) is 0. The number of guanidine groups is 1. The Balaban J connectivity index is 2.07. The highest BCUT2D eigenvalue weighted by Gasteiger charge is 2.11. The average Bonchev–Trinajstić information content (AvgIpc) is 2.66. The molecule has 1 amide bonds. The van der Waals surface area contributed by atoms with E-state index in [4.69, 9.17) is 17.3 Å². The van der Waals surface area contributed by atoms with E-state index in [2.05, 4.69) is 20.4 Å². The number of aliphatic imine (C=N–C) groups is 1. The lowest BCUT2D eigenvalue weighted by Gasteiger charge is -2.14. The number of primary amides is 1. The summed E-state index contributed by atoms with van der Waals surface area (Å²) in [6.45, 7) is 0.135. The van der Waals surface area contributed by atoms with Crippen LogP contribution in [0.4, 0.5) is 8.78 Å². The summed E-state index contributed by atoms with van der Waals surface area (Å²) in [5.74, 6) is 0.0441. The highest BCUT2D eigenvalue weighted by atomic mass is 35.5. The van der Waals surface area contributed by atoms with Gasteiger partial charge in [0.25, 0.3) is 0 Å². The molecule has 0 fully saturated rings. The molecule has 0 spiro atoms. The van der Waals surface area contributed by atoms with Crippen molar-refractivity contribution in [3.63, 3.8) is 0 Å². The van der Waals surface area contributed by atoms with Gasteiger partial charge in [-0.2, -0.15) is 8.78 Å². The Morgan fingerprint density at radius 3 is 2.54 bits per heavy atom. The number of carbonyl (C=O) groups excluding carboxylic acids is 1. The van der Waals surface area contributed by atoms with Crippen molar-refractivity contribution in [1.29, 1.82) is 0 Å². The van der Waals surface area contributed by atoms with Gasteiger partial charge in [0.2, 0.25) is 5.91 Å². The Bertz CT molecular complexity index is 829. The second-order valence-electron chi connectivity index (χ2n) is 5.74. The minimum atomic E-state index is -2.93. The lowest BCUT2D eigenvalue weighted by molar-refractivity contribution is -0.0504. The number of hydrogen-bond donors (Lipinski definition) is 3. The van der Waals surface area contributed by atoms with E-state index >= 15 is 0 Å². The van der Waals surface area contributed by atoms with Gasteiger partial charge < -0.3 is 21.1 Å². The fourth-order valence-corrected chi connectivity index (χ4v) is 2.56. The third-order valence-electron chi connectivity index (χ3n) is 3.69. The molecule has 0 saturated heterocycles. The van der Waals surface area contributed by atoms with Crippen LogP contribution in [0.5, 0.6) is 5.75 Å². The number of alkyl halides is 2. The molecule has 0 radical (unpaired) electrons. The zero-order valence-electron chi connectivity index (χ0n) is 15.2. The Morgan fingerprint density at radius 1 is 1.21 bits per heavy atom. The molecule has 150 valence electrons. The number of nitrogens with two attached hydrogens (primary N) is 1. The molecule has 0 atom stereocenters. The van der Waals surface area contributed by atoms with Crippen LogP contribution in [-0.2, 0) is 13.1 Å². The Labute approximate surface area is 166 Å². The van der Waals surface area contributed by atoms with Crippen LogP contribution >= 0.6 is 11.6 Å². The number of nitrogens with one attached hydrogen (secondary N) is 2. The average molecular weight is 411 g/mol. The number of benzene rings is 2. The number of carbonyl (C=O) groups is 1. The summed E-state index contributed by atoms with van der Waals surface area (Å²) in [5.41, 5.74) is 7.00. The zero-order chi connectivity index (χ0) is 20.5. The van der Waals surface area contributed by atoms with Crippen molar-refractivity contribution in [3.8, 4) is 5.75 Å². The molecule has 2 aromatic carbocycles. The number of ether oxygens (including phenoxy) is 1. The predicted octanol–water partition coefficient (Wildman–Crippen LogP) is 3.30. The molecular weight excluding hydrogens is 390 g/mol. The Morgan fingerprint density at radius 2 is 1.93 bits per heavy atom. The van der Waals surface area contributed by atoms with Crippen LogP contribution < -0.4 is 21.1 Å². The largest absolute Gasteiger partial charge is 0.434 e. The first-order valence-electron chi connectivity index (χ1n) is 8.53. The van der Waals surface area contributed by atoms with E-state index < -0.39 is 12.5 Å². The highest BCUT2D eigenvalue weighted by Crippen LogP contribution is 2.24. The van der Waals surface area contributed by atoms with E-state index in [0.717, 1.165) is 5.56 Å². The van der Waals surface area contributed by atoms with Gasteiger partial charge in [-0.25, -0.2) is 4.99 Å². The molecule has 28 heavy (non-hydrogen) atoms. The first-order chi connectivity index (χ1) is 13.4. The topological polar surface area (TPSA) is 88.7 Å². The van der Waals surface area contributed by atoms with E-state index in [1.807, 2.05) is 6.92 Å². The van der Waals surface area contributed by atoms with Crippen molar-refractivity contribution in [3.05, 3.63) is 64.2 Å². The number of nitrogens with zero attached hydrogens (tertiary/aromatic N) is 1. The van der Waals surface area contributed by atoms with Crippen LogP contribution in [0.1, 0.15) is 28.4 Å². The lowest BCUT2D eigenvalue weighted by Crippen LogP contribution is -2.36. The van der Waals surface area contributed by atoms with Gasteiger partial charge in [0.15, 0.2) is 5.96 Å². The van der Waals surface area contributed by atoms with Crippen molar-refractivity contribution in [2.45, 2.75) is 26.6 Å². The van der Waals surface area contributed by atoms with Gasteiger partial charge in [0.05, 0.1) is 6.54 Å². The maximum absolute atomic E-state index is 12.6. The lowest BCUT2D eigenvalue weighted by atomic mass is 10.1. The normalized spacial score (nSPS) is 11.4. The smallest absolute Gasteiger partial charge is 0.387 e. The molecule has 0 aliphatic heterocycles. The monoisotopic (exact) mass is 410 g/mol. The molecule has 0 saturated carbocycles. The maximum atomic E-state index is 12.6. The third kappa shape index (κ3) is 6.70. The van der Waals surface area contributed by atoms with Gasteiger partial charge in [0.1, 0.15) is 5.75 Å². The minimum Gasteiger partial charge on any atom is -0.434 e. The number of rotatable bonds is 8. The molecule has 9 heteroatoms. The molecule has 0 bridgehead atoms. The van der Waals surface area contributed by atoms with Gasteiger partial charge in [-0.1, -0.05) is 23.7 Å². The molecule has 0 aromatic heterocycles. The number of amides is 1. The minimum absolute atomic E-state index is 0.0461. The van der Waals surface area contributed by atoms with Crippen LogP contribution in [0.25, 0.3) is 0 Å². The van der Waals surface area contributed by atoms with E-state index in [0.29, 0.717) is 35.2 Å². The van der Waals surface area contributed by atoms with Crippen molar-refractivity contribution < 1.29 is 18.3 Å². The third-order valence-corrected chi connectivity index (χ3v) is 3.92. The van der Waals surface area contributed by atoms with Crippen molar-refractivity contribution in [2.24, 2.45) is 10.7 Å². The van der Waals surface area contributed by atoms with E-state index in [-0.39, 0.29) is 12.3 Å². The van der Waals surface area contributed by atoms with Crippen LogP contribution in [0.3, 0.4) is 0 Å². The molecule has 0 aliphatic rings. The number of hydrogen-bond acceptors (Lipinski definition) is 3. The van der Waals surface area contributed by atoms with Crippen LogP contribution in [0.2, 0.25) is 5.02 Å². The summed E-state index contributed by atoms with van der Waals surface area (Å²) >= 11 is 5.96. The fourth-order valence-electron chi connectivity index (χ4n) is 2.36. The second kappa shape index (κ2) is 10.5. The Kier molecular flexibility index (Phi) is 8.01. The van der Waals surface area contributed by atoms with E-state index in [9.17, 15) is 13.6 Å². The molecule has 6 nitrogen and oxygen atoms in total. The van der Waals surface area contributed by atoms with Gasteiger partial charge in [-0.05, 0) is 42.8 Å². The van der Waals surface area contributed by atoms with Gasteiger partial charge in [0, 0.05) is 29.2 Å². The SMILES string of the molecule is CCNC(=NCc1ccc(C(N)=O)cc1)NCc1cc(Cl)ccc1OC(F)F. The molecule has 0 unspecified atom stereocenters. The predicted molar refractivity (Wildman–Crippen MR) is 105 cm³/mol. The molecule has 0 aliphatic carbocycles. The highest BCUT2D eigenvalue weighted by molar-refractivity contribution is 6.30. The van der Waals surface area contributed by atoms with Gasteiger partial charge in [-0.3, -0.25) is 4.79 Å². The molecule has 4 N–H and O–H groups in total. The summed E-state index contributed by atoms with van der Waals surface area (Å²) < 4.78 is 29.7. The zero-order valence-corrected chi connectivity index (χ0v) is 16.0. The fraction of sp³-hybridized carbons (Fsp3) is 0.263. The molecule has 0 heterocycles. The summed E-state index contributed by atoms with van der Waals surface area (Å²) in [6, 6.07) is 11.2. The maximum Gasteiger partial charge on any atom is 0.387 e. The van der Waals surface area contributed by atoms with Gasteiger partial charge in [-0.15, -0.1) is 0 Å². The first-order valence-corrected chi connectivity index (χ1v) is 8.91. The second-order valence-corrected chi connectivity index (χ2v) is 6.18. The van der Waals surface area contributed by atoms with Crippen molar-refractivity contribution in [1.82, 2.24) is 10.6 Å². The molecule has 2 aromatic rings. The Hall–Kier alpha value is -2.87. The molecular formula is C19H21ClF2N4O2. The summed E-state index contributed by atoms with van der Waals surface area (Å²) in [7, 11) is 0. The first kappa shape index (κ1) is 21.4. The number of halogens is 3. The quantitative estimate of drug-likeness (QED) is 0.460. The van der Waals surface area contributed by atoms with Gasteiger partial charge >= 0.3 is 6.61 Å². The van der Waals surface area contributed by atoms with Crippen LogP contribution in [-0.4, -0.2) is 25.0 Å². The molecule has 2 rings (SSSR count). The van der Waals surface area contributed by atoms with Crippen LogP contribution in [0.15, 0.2) is 47.5 Å². The summed E-state index contributed by atoms with van der Waals surface area (Å²) in [4.78, 5) is 15.6. The van der Waals surface area contributed by atoms with E-state index in [1.165, 1.54) is 12.1 Å². The van der Waals surface area contributed by atoms with Crippen LogP contribution in [0, 0.1) is 0 Å². The van der Waals surface area contributed by atoms with E-state index in [1.54, 1.807) is 30.3 Å².